The van der Waals surface area contributed by atoms with Crippen molar-refractivity contribution in [2.24, 2.45) is 0 Å². The van der Waals surface area contributed by atoms with E-state index in [4.69, 9.17) is 4.74 Å². The molecule has 0 radical (unpaired) electrons. The number of benzene rings is 2. The molecule has 2 amide bonds. The van der Waals surface area contributed by atoms with Crippen molar-refractivity contribution in [3.8, 4) is 5.75 Å². The van der Waals surface area contributed by atoms with E-state index in [0.717, 1.165) is 12.8 Å². The molecule has 26 heavy (non-hydrogen) atoms. The maximum Gasteiger partial charge on any atom is 0.253 e. The fraction of sp³-hybridized carbons (Fsp3) is 0.263. The first-order valence-corrected chi connectivity index (χ1v) is 8.34. The molecule has 0 saturated heterocycles. The third-order valence-electron chi connectivity index (χ3n) is 3.96. The molecular weight excluding hydrogens is 337 g/mol. The summed E-state index contributed by atoms with van der Waals surface area (Å²) in [5.41, 5.74) is 1.37. The summed E-state index contributed by atoms with van der Waals surface area (Å²) in [5.74, 6) is -0.644. The monoisotopic (exact) mass is 357 g/mol. The summed E-state index contributed by atoms with van der Waals surface area (Å²) >= 11 is 0. The molecule has 6 nitrogen and oxygen atoms in total. The number of rotatable bonds is 7. The van der Waals surface area contributed by atoms with Crippen molar-refractivity contribution in [3.63, 3.8) is 0 Å². The van der Waals surface area contributed by atoms with Crippen molar-refractivity contribution in [1.82, 2.24) is 5.32 Å². The Hall–Kier alpha value is -3.09. The van der Waals surface area contributed by atoms with Gasteiger partial charge in [0.05, 0.1) is 30.6 Å². The van der Waals surface area contributed by atoms with Crippen LogP contribution in [0.15, 0.2) is 42.5 Å². The Morgan fingerprint density at radius 2 is 1.92 bits per heavy atom. The van der Waals surface area contributed by atoms with Crippen LogP contribution in [0, 0.1) is 5.82 Å². The van der Waals surface area contributed by atoms with Gasteiger partial charge in [0.1, 0.15) is 11.6 Å². The van der Waals surface area contributed by atoms with Crippen molar-refractivity contribution >= 4 is 23.2 Å². The van der Waals surface area contributed by atoms with Gasteiger partial charge in [-0.1, -0.05) is 12.1 Å². The zero-order valence-corrected chi connectivity index (χ0v) is 14.3. The van der Waals surface area contributed by atoms with Crippen LogP contribution in [0.5, 0.6) is 5.75 Å². The van der Waals surface area contributed by atoms with Gasteiger partial charge in [0.2, 0.25) is 5.91 Å². The molecule has 0 atom stereocenters. The van der Waals surface area contributed by atoms with E-state index < -0.39 is 5.82 Å². The number of hydrogen-bond acceptors (Lipinski definition) is 4. The van der Waals surface area contributed by atoms with Gasteiger partial charge in [-0.05, 0) is 37.1 Å². The minimum absolute atomic E-state index is 0.0550. The van der Waals surface area contributed by atoms with E-state index in [-0.39, 0.29) is 24.4 Å². The van der Waals surface area contributed by atoms with Crippen molar-refractivity contribution in [2.45, 2.75) is 18.9 Å². The first kappa shape index (κ1) is 17.7. The molecule has 1 fully saturated rings. The second-order valence-corrected chi connectivity index (χ2v) is 6.04. The van der Waals surface area contributed by atoms with E-state index in [9.17, 15) is 14.0 Å². The number of anilines is 2. The fourth-order valence-corrected chi connectivity index (χ4v) is 2.46. The summed E-state index contributed by atoms with van der Waals surface area (Å²) < 4.78 is 18.3. The molecule has 0 aromatic heterocycles. The van der Waals surface area contributed by atoms with Gasteiger partial charge < -0.3 is 20.7 Å². The predicted molar refractivity (Wildman–Crippen MR) is 97.0 cm³/mol. The lowest BCUT2D eigenvalue weighted by Crippen LogP contribution is -2.28. The highest BCUT2D eigenvalue weighted by Crippen LogP contribution is 2.25. The summed E-state index contributed by atoms with van der Waals surface area (Å²) in [7, 11) is 1.43. The largest absolute Gasteiger partial charge is 0.494 e. The third kappa shape index (κ3) is 4.50. The van der Waals surface area contributed by atoms with E-state index >= 15 is 0 Å². The van der Waals surface area contributed by atoms with Crippen LogP contribution in [0.25, 0.3) is 0 Å². The average Bonchev–Trinajstić information content (AvgIpc) is 3.45. The molecule has 3 N–H and O–H groups in total. The van der Waals surface area contributed by atoms with Crippen LogP contribution in [0.3, 0.4) is 0 Å². The Balaban J connectivity index is 1.62. The first-order chi connectivity index (χ1) is 12.6. The van der Waals surface area contributed by atoms with Crippen LogP contribution >= 0.6 is 0 Å². The number of nitrogens with one attached hydrogen (secondary N) is 3. The van der Waals surface area contributed by atoms with Gasteiger partial charge in [0.15, 0.2) is 0 Å². The number of carbonyl (C=O) groups is 2. The minimum atomic E-state index is -0.424. The highest BCUT2D eigenvalue weighted by atomic mass is 19.1. The van der Waals surface area contributed by atoms with E-state index in [1.54, 1.807) is 24.3 Å². The molecule has 0 aliphatic heterocycles. The lowest BCUT2D eigenvalue weighted by Gasteiger charge is -2.13. The topological polar surface area (TPSA) is 79.5 Å². The van der Waals surface area contributed by atoms with Gasteiger partial charge in [-0.3, -0.25) is 9.59 Å². The molecule has 0 bridgehead atoms. The number of para-hydroxylation sites is 1. The van der Waals surface area contributed by atoms with Crippen molar-refractivity contribution in [3.05, 3.63) is 53.8 Å². The van der Waals surface area contributed by atoms with Gasteiger partial charge >= 0.3 is 0 Å². The lowest BCUT2D eigenvalue weighted by molar-refractivity contribution is -0.114. The molecule has 2 aromatic carbocycles. The average molecular weight is 357 g/mol. The van der Waals surface area contributed by atoms with Crippen LogP contribution in [0.2, 0.25) is 0 Å². The molecule has 7 heteroatoms. The molecule has 1 aliphatic carbocycles. The molecule has 1 aliphatic rings. The van der Waals surface area contributed by atoms with Crippen LogP contribution < -0.4 is 20.7 Å². The Kier molecular flexibility index (Phi) is 5.36. The summed E-state index contributed by atoms with van der Waals surface area (Å²) in [6.07, 6.45) is 1.98. The van der Waals surface area contributed by atoms with Crippen molar-refractivity contribution in [2.75, 3.05) is 24.3 Å². The number of methoxy groups -OCH3 is 1. The summed E-state index contributed by atoms with van der Waals surface area (Å²) in [6, 6.07) is 11.1. The van der Waals surface area contributed by atoms with Gasteiger partial charge in [0, 0.05) is 12.1 Å². The normalized spacial score (nSPS) is 13.0. The number of halogens is 1. The zero-order chi connectivity index (χ0) is 18.5. The van der Waals surface area contributed by atoms with Crippen molar-refractivity contribution < 1.29 is 18.7 Å². The minimum Gasteiger partial charge on any atom is -0.494 e. The highest BCUT2D eigenvalue weighted by Gasteiger charge is 2.25. The van der Waals surface area contributed by atoms with E-state index in [2.05, 4.69) is 16.0 Å². The highest BCUT2D eigenvalue weighted by molar-refractivity contribution is 6.04. The van der Waals surface area contributed by atoms with Crippen LogP contribution in [-0.4, -0.2) is 31.5 Å². The van der Waals surface area contributed by atoms with Crippen LogP contribution in [0.4, 0.5) is 15.8 Å². The number of carbonyl (C=O) groups excluding carboxylic acids is 2. The Morgan fingerprint density at radius 1 is 1.15 bits per heavy atom. The molecule has 0 unspecified atom stereocenters. The van der Waals surface area contributed by atoms with Gasteiger partial charge in [-0.15, -0.1) is 0 Å². The molecule has 136 valence electrons. The van der Waals surface area contributed by atoms with E-state index in [0.29, 0.717) is 22.7 Å². The molecule has 3 rings (SSSR count). The number of ether oxygens (including phenoxy) is 1. The quantitative estimate of drug-likeness (QED) is 0.712. The summed E-state index contributed by atoms with van der Waals surface area (Å²) in [6.45, 7) is -0.0550. The second kappa shape index (κ2) is 7.86. The van der Waals surface area contributed by atoms with Gasteiger partial charge in [-0.2, -0.15) is 0 Å². The van der Waals surface area contributed by atoms with Gasteiger partial charge in [-0.25, -0.2) is 4.39 Å². The first-order valence-electron chi connectivity index (χ1n) is 8.34. The molecular formula is C19H20FN3O3. The fourth-order valence-electron chi connectivity index (χ4n) is 2.46. The van der Waals surface area contributed by atoms with E-state index in [1.165, 1.54) is 25.3 Å². The zero-order valence-electron chi connectivity index (χ0n) is 14.3. The van der Waals surface area contributed by atoms with Crippen LogP contribution in [0.1, 0.15) is 23.2 Å². The maximum atomic E-state index is 13.2. The standard InChI is InChI=1S/C19H20FN3O3/c1-26-17-10-12(20)6-9-16(17)21-11-18(24)23-15-5-3-2-4-14(15)19(25)22-13-7-8-13/h2-6,9-10,13,21H,7-8,11H2,1H3,(H,22,25)(H,23,24). The maximum absolute atomic E-state index is 13.2. The number of amides is 2. The SMILES string of the molecule is COc1cc(F)ccc1NCC(=O)Nc1ccccc1C(=O)NC1CC1. The van der Waals surface area contributed by atoms with Gasteiger partial charge in [0.25, 0.3) is 5.91 Å². The summed E-state index contributed by atoms with van der Waals surface area (Å²) in [5, 5.41) is 8.53. The Bertz CT molecular complexity index is 821. The van der Waals surface area contributed by atoms with Crippen molar-refractivity contribution in [1.29, 1.82) is 0 Å². The molecule has 2 aromatic rings. The van der Waals surface area contributed by atoms with E-state index in [1.807, 2.05) is 0 Å². The third-order valence-corrected chi connectivity index (χ3v) is 3.96. The molecule has 0 spiro atoms. The van der Waals surface area contributed by atoms with Crippen LogP contribution in [-0.2, 0) is 4.79 Å². The Morgan fingerprint density at radius 3 is 2.65 bits per heavy atom. The molecule has 0 heterocycles. The number of hydrogen-bond donors (Lipinski definition) is 3. The molecule has 1 saturated carbocycles. The summed E-state index contributed by atoms with van der Waals surface area (Å²) in [4.78, 5) is 24.5. The lowest BCUT2D eigenvalue weighted by atomic mass is 10.1. The Labute approximate surface area is 150 Å². The second-order valence-electron chi connectivity index (χ2n) is 6.04. The smallest absolute Gasteiger partial charge is 0.253 e. The predicted octanol–water partition coefficient (Wildman–Crippen LogP) is 2.78.